The number of amides is 2. The molecule has 0 spiro atoms. The minimum Gasteiger partial charge on any atom is -0.351 e. The zero-order valence-corrected chi connectivity index (χ0v) is 10.7. The number of anilines is 1. The van der Waals surface area contributed by atoms with Crippen molar-refractivity contribution in [2.24, 2.45) is 5.73 Å². The van der Waals surface area contributed by atoms with Crippen LogP contribution in [-0.2, 0) is 0 Å². The van der Waals surface area contributed by atoms with Gasteiger partial charge in [0.1, 0.15) is 0 Å². The molecule has 2 rings (SSSR count). The van der Waals surface area contributed by atoms with E-state index in [-0.39, 0.29) is 0 Å². The maximum absolute atomic E-state index is 10.9. The monoisotopic (exact) mass is 270 g/mol. The van der Waals surface area contributed by atoms with Crippen molar-refractivity contribution in [3.63, 3.8) is 0 Å². The van der Waals surface area contributed by atoms with E-state index >= 15 is 0 Å². The third kappa shape index (κ3) is 3.51. The molecular weight excluding hydrogens is 260 g/mol. The van der Waals surface area contributed by atoms with Crippen molar-refractivity contribution < 1.29 is 4.79 Å². The van der Waals surface area contributed by atoms with Gasteiger partial charge < -0.3 is 11.1 Å². The van der Waals surface area contributed by atoms with Crippen LogP contribution in [0.2, 0.25) is 5.02 Å². The smallest absolute Gasteiger partial charge is 0.316 e. The average Bonchev–Trinajstić information content (AvgIpc) is 2.39. The van der Waals surface area contributed by atoms with Crippen LogP contribution >= 0.6 is 11.6 Å². The van der Waals surface area contributed by atoms with Gasteiger partial charge in [-0.3, -0.25) is 0 Å². The Morgan fingerprint density at radius 3 is 2.26 bits per heavy atom. The van der Waals surface area contributed by atoms with Gasteiger partial charge in [0.15, 0.2) is 0 Å². The van der Waals surface area contributed by atoms with Gasteiger partial charge in [-0.2, -0.15) is 0 Å². The Balaban J connectivity index is 2.35. The maximum Gasteiger partial charge on any atom is 0.316 e. The molecular formula is C15H11ClN2O. The van der Waals surface area contributed by atoms with Crippen LogP contribution in [0.4, 0.5) is 10.5 Å². The Hall–Kier alpha value is -2.44. The number of nitrogens with one attached hydrogen (secondary N) is 1. The van der Waals surface area contributed by atoms with Crippen molar-refractivity contribution in [2.45, 2.75) is 0 Å². The molecule has 3 nitrogen and oxygen atoms in total. The molecule has 4 heteroatoms. The molecule has 0 bridgehead atoms. The normalized spacial score (nSPS) is 9.32. The van der Waals surface area contributed by atoms with E-state index in [1.165, 1.54) is 0 Å². The second-order valence-electron chi connectivity index (χ2n) is 3.76. The van der Waals surface area contributed by atoms with Gasteiger partial charge in [0.25, 0.3) is 0 Å². The molecule has 94 valence electrons. The van der Waals surface area contributed by atoms with Crippen molar-refractivity contribution in [3.05, 3.63) is 64.7 Å². The highest BCUT2D eigenvalue weighted by molar-refractivity contribution is 6.31. The molecule has 0 radical (unpaired) electrons. The van der Waals surface area contributed by atoms with E-state index in [4.69, 9.17) is 17.3 Å². The Kier molecular flexibility index (Phi) is 4.07. The van der Waals surface area contributed by atoms with E-state index in [9.17, 15) is 4.79 Å². The molecule has 0 aliphatic rings. The SMILES string of the molecule is NC(=O)Nc1ccccc1C#Cc1ccccc1Cl. The number of carbonyl (C=O) groups is 1. The van der Waals surface area contributed by atoms with Crippen LogP contribution in [0.5, 0.6) is 0 Å². The predicted octanol–water partition coefficient (Wildman–Crippen LogP) is 3.23. The zero-order valence-electron chi connectivity index (χ0n) is 9.98. The number of hydrogen-bond donors (Lipinski definition) is 2. The number of nitrogens with two attached hydrogens (primary N) is 1. The fourth-order valence-corrected chi connectivity index (χ4v) is 1.71. The van der Waals surface area contributed by atoms with E-state index in [2.05, 4.69) is 17.2 Å². The Morgan fingerprint density at radius 2 is 1.58 bits per heavy atom. The predicted molar refractivity (Wildman–Crippen MR) is 77.1 cm³/mol. The number of para-hydroxylation sites is 1. The highest BCUT2D eigenvalue weighted by atomic mass is 35.5. The number of halogens is 1. The number of hydrogen-bond acceptors (Lipinski definition) is 1. The first-order valence-electron chi connectivity index (χ1n) is 5.59. The number of carbonyl (C=O) groups excluding carboxylic acids is 1. The summed E-state index contributed by atoms with van der Waals surface area (Å²) in [6, 6.07) is 13.9. The lowest BCUT2D eigenvalue weighted by molar-refractivity contribution is 0.259. The number of primary amides is 1. The van der Waals surface area contributed by atoms with Gasteiger partial charge in [-0.15, -0.1) is 0 Å². The molecule has 0 aliphatic heterocycles. The van der Waals surface area contributed by atoms with Crippen molar-refractivity contribution in [3.8, 4) is 11.8 Å². The lowest BCUT2D eigenvalue weighted by Crippen LogP contribution is -2.19. The molecule has 0 heterocycles. The van der Waals surface area contributed by atoms with Gasteiger partial charge >= 0.3 is 6.03 Å². The molecule has 0 atom stereocenters. The van der Waals surface area contributed by atoms with Crippen LogP contribution in [0.25, 0.3) is 0 Å². The summed E-state index contributed by atoms with van der Waals surface area (Å²) in [4.78, 5) is 10.9. The first-order chi connectivity index (χ1) is 9.16. The standard InChI is InChI=1S/C15H11ClN2O/c16-13-7-3-1-5-11(13)9-10-12-6-2-4-8-14(12)18-15(17)19/h1-8H,(H3,17,18,19). The van der Waals surface area contributed by atoms with Crippen LogP contribution in [0.15, 0.2) is 48.5 Å². The lowest BCUT2D eigenvalue weighted by atomic mass is 10.1. The number of urea groups is 1. The summed E-state index contributed by atoms with van der Waals surface area (Å²) in [5, 5.41) is 3.12. The molecule has 0 aliphatic carbocycles. The van der Waals surface area contributed by atoms with Crippen molar-refractivity contribution >= 4 is 23.3 Å². The van der Waals surface area contributed by atoms with Crippen LogP contribution in [0, 0.1) is 11.8 Å². The molecule has 3 N–H and O–H groups in total. The van der Waals surface area contributed by atoms with Gasteiger partial charge in [-0.1, -0.05) is 47.7 Å². The number of benzene rings is 2. The first-order valence-corrected chi connectivity index (χ1v) is 5.96. The van der Waals surface area contributed by atoms with E-state index < -0.39 is 6.03 Å². The molecule has 19 heavy (non-hydrogen) atoms. The third-order valence-electron chi connectivity index (χ3n) is 2.39. The molecule has 2 amide bonds. The lowest BCUT2D eigenvalue weighted by Gasteiger charge is -2.03. The second-order valence-corrected chi connectivity index (χ2v) is 4.17. The molecule has 2 aromatic rings. The highest BCUT2D eigenvalue weighted by Crippen LogP contribution is 2.16. The molecule has 0 saturated carbocycles. The minimum absolute atomic E-state index is 0.578. The summed E-state index contributed by atoms with van der Waals surface area (Å²) in [7, 11) is 0. The maximum atomic E-state index is 10.9. The second kappa shape index (κ2) is 5.94. The van der Waals surface area contributed by atoms with Crippen molar-refractivity contribution in [1.29, 1.82) is 0 Å². The minimum atomic E-state index is -0.619. The van der Waals surface area contributed by atoms with Crippen LogP contribution < -0.4 is 11.1 Å². The molecule has 0 unspecified atom stereocenters. The quantitative estimate of drug-likeness (QED) is 0.768. The van der Waals surface area contributed by atoms with Gasteiger partial charge in [0, 0.05) is 11.1 Å². The fourth-order valence-electron chi connectivity index (χ4n) is 1.53. The average molecular weight is 271 g/mol. The van der Waals surface area contributed by atoms with E-state index in [1.54, 1.807) is 24.3 Å². The summed E-state index contributed by atoms with van der Waals surface area (Å²) in [5.74, 6) is 5.94. The van der Waals surface area contributed by atoms with Crippen molar-refractivity contribution in [1.82, 2.24) is 0 Å². The third-order valence-corrected chi connectivity index (χ3v) is 2.72. The largest absolute Gasteiger partial charge is 0.351 e. The summed E-state index contributed by atoms with van der Waals surface area (Å²) in [6.45, 7) is 0. The van der Waals surface area contributed by atoms with Crippen LogP contribution in [0.1, 0.15) is 11.1 Å². The van der Waals surface area contributed by atoms with E-state index in [0.29, 0.717) is 16.3 Å². The van der Waals surface area contributed by atoms with Crippen molar-refractivity contribution in [2.75, 3.05) is 5.32 Å². The topological polar surface area (TPSA) is 55.1 Å². The number of rotatable bonds is 1. The van der Waals surface area contributed by atoms with Gasteiger partial charge in [-0.25, -0.2) is 4.79 Å². The molecule has 0 aromatic heterocycles. The highest BCUT2D eigenvalue weighted by Gasteiger charge is 2.01. The fraction of sp³-hybridized carbons (Fsp3) is 0. The summed E-state index contributed by atoms with van der Waals surface area (Å²) < 4.78 is 0. The van der Waals surface area contributed by atoms with Gasteiger partial charge in [-0.05, 0) is 24.3 Å². The van der Waals surface area contributed by atoms with Crippen LogP contribution in [0.3, 0.4) is 0 Å². The van der Waals surface area contributed by atoms with Gasteiger partial charge in [0.2, 0.25) is 0 Å². The molecule has 2 aromatic carbocycles. The Bertz CT molecular complexity index is 671. The summed E-state index contributed by atoms with van der Waals surface area (Å²) >= 11 is 6.02. The summed E-state index contributed by atoms with van der Waals surface area (Å²) in [6.07, 6.45) is 0. The Morgan fingerprint density at radius 1 is 1.00 bits per heavy atom. The molecule has 0 fully saturated rings. The van der Waals surface area contributed by atoms with Crippen LogP contribution in [-0.4, -0.2) is 6.03 Å². The van der Waals surface area contributed by atoms with Gasteiger partial charge in [0.05, 0.1) is 10.7 Å². The molecule has 0 saturated heterocycles. The summed E-state index contributed by atoms with van der Waals surface area (Å²) in [5.41, 5.74) is 7.10. The zero-order chi connectivity index (χ0) is 13.7. The Labute approximate surface area is 116 Å². The van der Waals surface area contributed by atoms with E-state index in [0.717, 1.165) is 5.56 Å². The van der Waals surface area contributed by atoms with E-state index in [1.807, 2.05) is 24.3 Å². The first kappa shape index (κ1) is 13.0.